The number of amidine groups is 1. The number of nitrogens with zero attached hydrogens (tertiary/aromatic N) is 3. The summed E-state index contributed by atoms with van der Waals surface area (Å²) in [6, 6.07) is 0. The minimum Gasteiger partial charge on any atom is -0.354 e. The van der Waals surface area contributed by atoms with Gasteiger partial charge in [-0.15, -0.1) is 0 Å². The second-order valence-electron chi connectivity index (χ2n) is 9.05. The van der Waals surface area contributed by atoms with Gasteiger partial charge in [-0.05, 0) is 50.3 Å². The van der Waals surface area contributed by atoms with Gasteiger partial charge in [-0.25, -0.2) is 0 Å². The van der Waals surface area contributed by atoms with Crippen molar-refractivity contribution in [3.05, 3.63) is 23.9 Å². The van der Waals surface area contributed by atoms with E-state index in [1.54, 1.807) is 6.08 Å². The molecule has 0 aliphatic carbocycles. The van der Waals surface area contributed by atoms with E-state index in [9.17, 15) is 9.59 Å². The minimum absolute atomic E-state index is 0.0901. The molecule has 2 aliphatic heterocycles. The van der Waals surface area contributed by atoms with Crippen molar-refractivity contribution < 1.29 is 9.59 Å². The topological polar surface area (TPSA) is 65.0 Å². The first-order chi connectivity index (χ1) is 13.1. The summed E-state index contributed by atoms with van der Waals surface area (Å²) in [5, 5.41) is 3.06. The van der Waals surface area contributed by atoms with Gasteiger partial charge in [0, 0.05) is 25.8 Å². The van der Waals surface area contributed by atoms with Crippen LogP contribution >= 0.6 is 0 Å². The Kier molecular flexibility index (Phi) is 7.58. The molecule has 2 heterocycles. The molecule has 1 atom stereocenters. The van der Waals surface area contributed by atoms with E-state index in [4.69, 9.17) is 0 Å². The number of fused-ring (bicyclic) bond motifs is 1. The molecule has 0 fully saturated rings. The van der Waals surface area contributed by atoms with Gasteiger partial charge in [0.05, 0.1) is 6.42 Å². The highest BCUT2D eigenvalue weighted by atomic mass is 16.2. The Hall–Kier alpha value is -1.95. The van der Waals surface area contributed by atoms with Crippen LogP contribution in [0.2, 0.25) is 0 Å². The zero-order chi connectivity index (χ0) is 20.9. The van der Waals surface area contributed by atoms with Crippen molar-refractivity contribution in [1.82, 2.24) is 15.1 Å². The molecule has 2 amide bonds. The number of allylic oxidation sites excluding steroid dienone is 2. The summed E-state index contributed by atoms with van der Waals surface area (Å²) in [6.07, 6.45) is 6.59. The highest BCUT2D eigenvalue weighted by molar-refractivity contribution is 6.09. The van der Waals surface area contributed by atoms with Crippen LogP contribution in [0.25, 0.3) is 0 Å². The zero-order valence-corrected chi connectivity index (χ0v) is 18.3. The lowest BCUT2D eigenvalue weighted by Gasteiger charge is -2.42. The molecule has 6 nitrogen and oxygen atoms in total. The normalized spacial score (nSPS) is 21.9. The minimum atomic E-state index is -0.935. The SMILES string of the molecule is CC1=CN2C(=NC(=O)CC2(C)C(=O)NCCCN(CC(C)C)CC(C)C)C=C1. The Morgan fingerprint density at radius 1 is 1.25 bits per heavy atom. The van der Waals surface area contributed by atoms with Crippen LogP contribution in [-0.2, 0) is 9.59 Å². The Bertz CT molecular complexity index is 668. The second kappa shape index (κ2) is 9.50. The van der Waals surface area contributed by atoms with Crippen molar-refractivity contribution >= 4 is 17.6 Å². The van der Waals surface area contributed by atoms with Crippen molar-refractivity contribution in [3.8, 4) is 0 Å². The van der Waals surface area contributed by atoms with Gasteiger partial charge in [0.1, 0.15) is 11.4 Å². The van der Waals surface area contributed by atoms with Crippen molar-refractivity contribution in [3.63, 3.8) is 0 Å². The number of aliphatic imine (C=N–C) groups is 1. The molecule has 2 rings (SSSR count). The van der Waals surface area contributed by atoms with Crippen LogP contribution in [0.3, 0.4) is 0 Å². The number of hydrogen-bond acceptors (Lipinski definition) is 4. The molecule has 0 saturated heterocycles. The van der Waals surface area contributed by atoms with E-state index >= 15 is 0 Å². The third kappa shape index (κ3) is 5.77. The van der Waals surface area contributed by atoms with Crippen molar-refractivity contribution in [2.75, 3.05) is 26.2 Å². The monoisotopic (exact) mass is 388 g/mol. The molecular weight excluding hydrogens is 352 g/mol. The van der Waals surface area contributed by atoms with Crippen molar-refractivity contribution in [2.45, 2.75) is 59.9 Å². The summed E-state index contributed by atoms with van der Waals surface area (Å²) in [5.41, 5.74) is 0.0979. The molecule has 0 bridgehead atoms. The summed E-state index contributed by atoms with van der Waals surface area (Å²) in [7, 11) is 0. The molecule has 0 aromatic heterocycles. The number of rotatable bonds is 9. The maximum atomic E-state index is 13.0. The van der Waals surface area contributed by atoms with Crippen molar-refractivity contribution in [1.29, 1.82) is 0 Å². The Morgan fingerprint density at radius 3 is 2.50 bits per heavy atom. The molecular formula is C22H36N4O2. The predicted molar refractivity (Wildman–Crippen MR) is 114 cm³/mol. The maximum Gasteiger partial charge on any atom is 0.250 e. The molecule has 0 aromatic rings. The third-order valence-electron chi connectivity index (χ3n) is 5.01. The van der Waals surface area contributed by atoms with Gasteiger partial charge < -0.3 is 15.1 Å². The molecule has 0 aromatic carbocycles. The van der Waals surface area contributed by atoms with Gasteiger partial charge in [0.25, 0.3) is 5.91 Å². The van der Waals surface area contributed by atoms with Gasteiger partial charge in [0.2, 0.25) is 5.91 Å². The third-order valence-corrected chi connectivity index (χ3v) is 5.01. The Morgan fingerprint density at radius 2 is 1.89 bits per heavy atom. The number of hydrogen-bond donors (Lipinski definition) is 1. The molecule has 0 radical (unpaired) electrons. The summed E-state index contributed by atoms with van der Waals surface area (Å²) in [5.74, 6) is 1.42. The van der Waals surface area contributed by atoms with Gasteiger partial charge in [-0.1, -0.05) is 33.8 Å². The quantitative estimate of drug-likeness (QED) is 0.617. The number of amides is 2. The fourth-order valence-electron chi connectivity index (χ4n) is 3.81. The lowest BCUT2D eigenvalue weighted by Crippen LogP contribution is -2.60. The average Bonchev–Trinajstić information content (AvgIpc) is 2.58. The molecule has 1 unspecified atom stereocenters. The second-order valence-corrected chi connectivity index (χ2v) is 9.05. The zero-order valence-electron chi connectivity index (χ0n) is 18.3. The first-order valence-corrected chi connectivity index (χ1v) is 10.4. The van der Waals surface area contributed by atoms with E-state index in [-0.39, 0.29) is 18.2 Å². The standard InChI is InChI=1S/C22H36N4O2/c1-16(2)13-25(14-17(3)4)11-7-10-23-21(28)22(6)12-20(27)24-19-9-8-18(5)15-26(19)22/h8-9,15-17H,7,10-14H2,1-6H3,(H,23,28). The molecule has 0 spiro atoms. The molecule has 0 saturated carbocycles. The van der Waals surface area contributed by atoms with Crippen LogP contribution in [-0.4, -0.2) is 59.2 Å². The predicted octanol–water partition coefficient (Wildman–Crippen LogP) is 2.97. The largest absolute Gasteiger partial charge is 0.354 e. The van der Waals surface area contributed by atoms with E-state index in [1.165, 1.54) is 0 Å². The summed E-state index contributed by atoms with van der Waals surface area (Å²) >= 11 is 0. The van der Waals surface area contributed by atoms with Crippen molar-refractivity contribution in [2.24, 2.45) is 16.8 Å². The van der Waals surface area contributed by atoms with E-state index in [2.05, 4.69) is 42.9 Å². The first-order valence-electron chi connectivity index (χ1n) is 10.4. The highest BCUT2D eigenvalue weighted by Gasteiger charge is 2.45. The van der Waals surface area contributed by atoms with Gasteiger partial charge in [-0.2, -0.15) is 4.99 Å². The lowest BCUT2D eigenvalue weighted by atomic mass is 9.90. The summed E-state index contributed by atoms with van der Waals surface area (Å²) in [4.78, 5) is 33.5. The number of nitrogens with one attached hydrogen (secondary N) is 1. The van der Waals surface area contributed by atoms with Gasteiger partial charge >= 0.3 is 0 Å². The van der Waals surface area contributed by atoms with Gasteiger partial charge in [0.15, 0.2) is 0 Å². The number of carbonyl (C=O) groups excluding carboxylic acids is 2. The molecule has 1 N–H and O–H groups in total. The van der Waals surface area contributed by atoms with Crippen LogP contribution in [0, 0.1) is 11.8 Å². The average molecular weight is 389 g/mol. The van der Waals surface area contributed by atoms with Crippen LogP contribution < -0.4 is 5.32 Å². The molecule has 2 aliphatic rings. The number of carbonyl (C=O) groups is 2. The molecule has 156 valence electrons. The van der Waals surface area contributed by atoms with E-state index < -0.39 is 5.54 Å². The highest BCUT2D eigenvalue weighted by Crippen LogP contribution is 2.29. The summed E-state index contributed by atoms with van der Waals surface area (Å²) in [6.45, 7) is 16.4. The smallest absolute Gasteiger partial charge is 0.250 e. The first kappa shape index (κ1) is 22.3. The van der Waals surface area contributed by atoms with Crippen LogP contribution in [0.1, 0.15) is 54.4 Å². The lowest BCUT2D eigenvalue weighted by molar-refractivity contribution is -0.134. The van der Waals surface area contributed by atoms with Gasteiger partial charge in [-0.3, -0.25) is 9.59 Å². The van der Waals surface area contributed by atoms with Crippen LogP contribution in [0.15, 0.2) is 28.9 Å². The Balaban J connectivity index is 1.94. The fraction of sp³-hybridized carbons (Fsp3) is 0.682. The maximum absolute atomic E-state index is 13.0. The van der Waals surface area contributed by atoms with Crippen LogP contribution in [0.4, 0.5) is 0 Å². The fourth-order valence-corrected chi connectivity index (χ4v) is 3.81. The van der Waals surface area contributed by atoms with E-state index in [1.807, 2.05) is 31.0 Å². The summed E-state index contributed by atoms with van der Waals surface area (Å²) < 4.78 is 0. The van der Waals surface area contributed by atoms with E-state index in [0.29, 0.717) is 24.2 Å². The molecule has 6 heteroatoms. The Labute approximate surface area is 169 Å². The van der Waals surface area contributed by atoms with E-state index in [0.717, 1.165) is 31.6 Å². The molecule has 28 heavy (non-hydrogen) atoms. The van der Waals surface area contributed by atoms with Crippen LogP contribution in [0.5, 0.6) is 0 Å².